The van der Waals surface area contributed by atoms with Crippen LogP contribution in [0.5, 0.6) is 5.75 Å². The third-order valence-electron chi connectivity index (χ3n) is 5.12. The fraction of sp³-hybridized carbons (Fsp3) is 0.143. The van der Waals surface area contributed by atoms with E-state index in [-0.39, 0.29) is 12.3 Å². The van der Waals surface area contributed by atoms with Crippen LogP contribution in [-0.2, 0) is 20.7 Å². The van der Waals surface area contributed by atoms with Gasteiger partial charge >= 0.3 is 5.97 Å². The minimum absolute atomic E-state index is 0.123. The second-order valence-electron chi connectivity index (χ2n) is 7.88. The molecule has 37 heavy (non-hydrogen) atoms. The molecule has 188 valence electrons. The topological polar surface area (TPSA) is 120 Å². The summed E-state index contributed by atoms with van der Waals surface area (Å²) in [6, 6.07) is 22.7. The molecule has 0 saturated heterocycles. The van der Waals surface area contributed by atoms with Gasteiger partial charge in [0.05, 0.1) is 18.7 Å². The summed E-state index contributed by atoms with van der Waals surface area (Å²) in [5, 5.41) is 5.42. The van der Waals surface area contributed by atoms with Crippen molar-refractivity contribution in [3.05, 3.63) is 96.4 Å². The van der Waals surface area contributed by atoms with Gasteiger partial charge in [0.15, 0.2) is 6.61 Å². The molecule has 9 heteroatoms. The molecule has 0 saturated carbocycles. The van der Waals surface area contributed by atoms with E-state index >= 15 is 0 Å². The van der Waals surface area contributed by atoms with Gasteiger partial charge in [0.2, 0.25) is 5.89 Å². The summed E-state index contributed by atoms with van der Waals surface area (Å²) in [4.78, 5) is 41.0. The lowest BCUT2D eigenvalue weighted by molar-refractivity contribution is -0.146. The molecular formula is C28H25N3O6. The van der Waals surface area contributed by atoms with Crippen LogP contribution in [0.3, 0.4) is 0 Å². The summed E-state index contributed by atoms with van der Waals surface area (Å²) >= 11 is 0. The smallest absolute Gasteiger partial charge is 0.312 e. The van der Waals surface area contributed by atoms with Crippen LogP contribution in [0.25, 0.3) is 11.5 Å². The Morgan fingerprint density at radius 3 is 2.24 bits per heavy atom. The van der Waals surface area contributed by atoms with Gasteiger partial charge in [-0.1, -0.05) is 18.2 Å². The minimum atomic E-state index is -0.607. The predicted octanol–water partition coefficient (Wildman–Crippen LogP) is 4.72. The third kappa shape index (κ3) is 7.28. The number of rotatable bonds is 10. The first-order valence-corrected chi connectivity index (χ1v) is 11.6. The Morgan fingerprint density at radius 2 is 1.54 bits per heavy atom. The Balaban J connectivity index is 1.21. The molecule has 0 bridgehead atoms. The predicted molar refractivity (Wildman–Crippen MR) is 137 cm³/mol. The van der Waals surface area contributed by atoms with Crippen LogP contribution in [0.4, 0.5) is 11.4 Å². The molecule has 0 aliphatic heterocycles. The standard InChI is InChI=1S/C28H25N3O6/c1-2-35-24-14-12-22(13-15-24)30-27(34)19-8-10-21(11-9-19)29-25(32)18-36-26(33)16-23-17-37-28(31-23)20-6-4-3-5-7-20/h3-15,17H,2,16,18H2,1H3,(H,29,32)(H,30,34). The first kappa shape index (κ1) is 25.2. The fourth-order valence-electron chi connectivity index (χ4n) is 3.35. The van der Waals surface area contributed by atoms with Crippen molar-refractivity contribution in [2.24, 2.45) is 0 Å². The number of carbonyl (C=O) groups excluding carboxylic acids is 3. The van der Waals surface area contributed by atoms with Gasteiger partial charge in [-0.2, -0.15) is 0 Å². The number of esters is 1. The van der Waals surface area contributed by atoms with Crippen molar-refractivity contribution in [1.29, 1.82) is 0 Å². The van der Waals surface area contributed by atoms with E-state index in [1.807, 2.05) is 37.3 Å². The second-order valence-corrected chi connectivity index (χ2v) is 7.88. The molecule has 2 amide bonds. The van der Waals surface area contributed by atoms with Crippen molar-refractivity contribution in [2.45, 2.75) is 13.3 Å². The first-order chi connectivity index (χ1) is 18.0. The van der Waals surface area contributed by atoms with Gasteiger partial charge in [0.1, 0.15) is 12.0 Å². The van der Waals surface area contributed by atoms with Crippen LogP contribution in [0.2, 0.25) is 0 Å². The van der Waals surface area contributed by atoms with Gasteiger partial charge in [0, 0.05) is 22.5 Å². The van der Waals surface area contributed by atoms with Crippen molar-refractivity contribution >= 4 is 29.2 Å². The highest BCUT2D eigenvalue weighted by atomic mass is 16.5. The molecule has 0 fully saturated rings. The summed E-state index contributed by atoms with van der Waals surface area (Å²) < 4.78 is 15.8. The lowest BCUT2D eigenvalue weighted by Gasteiger charge is -2.09. The van der Waals surface area contributed by atoms with Crippen LogP contribution in [-0.4, -0.2) is 36.0 Å². The highest BCUT2D eigenvalue weighted by Crippen LogP contribution is 2.19. The lowest BCUT2D eigenvalue weighted by Crippen LogP contribution is -2.21. The molecule has 3 aromatic carbocycles. The second kappa shape index (κ2) is 12.2. The number of anilines is 2. The number of ether oxygens (including phenoxy) is 2. The average Bonchev–Trinajstić information content (AvgIpc) is 3.38. The van der Waals surface area contributed by atoms with Gasteiger partial charge in [-0.05, 0) is 67.6 Å². The molecule has 9 nitrogen and oxygen atoms in total. The fourth-order valence-corrected chi connectivity index (χ4v) is 3.35. The summed E-state index contributed by atoms with van der Waals surface area (Å²) in [6.45, 7) is 2.01. The molecule has 4 aromatic rings. The van der Waals surface area contributed by atoms with Crippen molar-refractivity contribution in [3.8, 4) is 17.2 Å². The summed E-state index contributed by atoms with van der Waals surface area (Å²) in [5.74, 6) is -0.284. The Bertz CT molecular complexity index is 1350. The Labute approximate surface area is 213 Å². The monoisotopic (exact) mass is 499 g/mol. The summed E-state index contributed by atoms with van der Waals surface area (Å²) in [5.41, 5.74) is 2.71. The van der Waals surface area contributed by atoms with Gasteiger partial charge in [-0.3, -0.25) is 14.4 Å². The van der Waals surface area contributed by atoms with Crippen molar-refractivity contribution in [1.82, 2.24) is 4.98 Å². The molecule has 1 heterocycles. The van der Waals surface area contributed by atoms with E-state index in [0.29, 0.717) is 35.1 Å². The van der Waals surface area contributed by atoms with Crippen molar-refractivity contribution in [2.75, 3.05) is 23.8 Å². The Morgan fingerprint density at radius 1 is 0.865 bits per heavy atom. The van der Waals surface area contributed by atoms with E-state index in [2.05, 4.69) is 15.6 Å². The van der Waals surface area contributed by atoms with Crippen molar-refractivity contribution < 1.29 is 28.3 Å². The highest BCUT2D eigenvalue weighted by molar-refractivity contribution is 6.04. The number of oxazole rings is 1. The lowest BCUT2D eigenvalue weighted by atomic mass is 10.2. The molecule has 0 aliphatic rings. The Hall–Kier alpha value is -4.92. The Kier molecular flexibility index (Phi) is 8.28. The van der Waals surface area contributed by atoms with Crippen LogP contribution in [0, 0.1) is 0 Å². The van der Waals surface area contributed by atoms with Crippen LogP contribution < -0.4 is 15.4 Å². The maximum Gasteiger partial charge on any atom is 0.312 e. The molecule has 0 atom stereocenters. The molecule has 0 radical (unpaired) electrons. The summed E-state index contributed by atoms with van der Waals surface area (Å²) in [6.07, 6.45) is 1.26. The summed E-state index contributed by atoms with van der Waals surface area (Å²) in [7, 11) is 0. The number of benzene rings is 3. The number of aromatic nitrogens is 1. The molecule has 2 N–H and O–H groups in total. The van der Waals surface area contributed by atoms with Crippen LogP contribution >= 0.6 is 0 Å². The van der Waals surface area contributed by atoms with E-state index in [1.165, 1.54) is 6.26 Å². The van der Waals surface area contributed by atoms with E-state index < -0.39 is 18.5 Å². The van der Waals surface area contributed by atoms with E-state index in [4.69, 9.17) is 13.9 Å². The molecular weight excluding hydrogens is 474 g/mol. The average molecular weight is 500 g/mol. The number of nitrogens with one attached hydrogen (secondary N) is 2. The molecule has 4 rings (SSSR count). The maximum atomic E-state index is 12.5. The van der Waals surface area contributed by atoms with Gasteiger partial charge in [0.25, 0.3) is 11.8 Å². The number of carbonyl (C=O) groups is 3. The molecule has 0 aliphatic carbocycles. The minimum Gasteiger partial charge on any atom is -0.494 e. The number of nitrogens with zero attached hydrogens (tertiary/aromatic N) is 1. The zero-order valence-corrected chi connectivity index (χ0v) is 20.1. The SMILES string of the molecule is CCOc1ccc(NC(=O)c2ccc(NC(=O)COC(=O)Cc3coc(-c4ccccc4)n3)cc2)cc1. The third-order valence-corrected chi connectivity index (χ3v) is 5.12. The largest absolute Gasteiger partial charge is 0.494 e. The van der Waals surface area contributed by atoms with Crippen molar-refractivity contribution in [3.63, 3.8) is 0 Å². The van der Waals surface area contributed by atoms with Gasteiger partial charge in [-0.25, -0.2) is 4.98 Å². The first-order valence-electron chi connectivity index (χ1n) is 11.6. The normalized spacial score (nSPS) is 10.4. The zero-order valence-electron chi connectivity index (χ0n) is 20.1. The maximum absolute atomic E-state index is 12.5. The van der Waals surface area contributed by atoms with Crippen LogP contribution in [0.1, 0.15) is 23.0 Å². The van der Waals surface area contributed by atoms with E-state index in [0.717, 1.165) is 11.3 Å². The molecule has 1 aromatic heterocycles. The van der Waals surface area contributed by atoms with Crippen LogP contribution in [0.15, 0.2) is 89.5 Å². The van der Waals surface area contributed by atoms with Gasteiger partial charge in [-0.15, -0.1) is 0 Å². The van der Waals surface area contributed by atoms with Gasteiger partial charge < -0.3 is 24.5 Å². The van der Waals surface area contributed by atoms with E-state index in [9.17, 15) is 14.4 Å². The van der Waals surface area contributed by atoms with E-state index in [1.54, 1.807) is 48.5 Å². The zero-order chi connectivity index (χ0) is 26.0. The molecule has 0 unspecified atom stereocenters. The molecule has 0 spiro atoms. The number of hydrogen-bond donors (Lipinski definition) is 2. The quantitative estimate of drug-likeness (QED) is 0.303. The number of hydrogen-bond acceptors (Lipinski definition) is 7. The number of amides is 2. The highest BCUT2D eigenvalue weighted by Gasteiger charge is 2.13.